The second kappa shape index (κ2) is 10.9. The van der Waals surface area contributed by atoms with Crippen LogP contribution in [0.5, 0.6) is 0 Å². The molecule has 1 aromatic heterocycles. The Kier molecular flexibility index (Phi) is 7.46. The highest BCUT2D eigenvalue weighted by Gasteiger charge is 2.25. The largest absolute Gasteiger partial charge is 0.353 e. The Bertz CT molecular complexity index is 802. The Hall–Kier alpha value is -2.72. The van der Waals surface area contributed by atoms with E-state index in [0.717, 1.165) is 24.9 Å². The third kappa shape index (κ3) is 5.67. The van der Waals surface area contributed by atoms with E-state index in [-0.39, 0.29) is 0 Å². The van der Waals surface area contributed by atoms with Gasteiger partial charge in [0.1, 0.15) is 0 Å². The summed E-state index contributed by atoms with van der Waals surface area (Å²) < 4.78 is 0. The van der Waals surface area contributed by atoms with Crippen LogP contribution in [0.25, 0.3) is 11.1 Å². The SMILES string of the molecule is c1ccc(-c2ccccc2)cc1.c1cnnc(N2CCN(C3CCCCC3)CC2)c1. The highest BCUT2D eigenvalue weighted by Crippen LogP contribution is 2.24. The first-order valence-electron chi connectivity index (χ1n) is 11.3. The van der Waals surface area contributed by atoms with Crippen LogP contribution in [-0.4, -0.2) is 47.3 Å². The van der Waals surface area contributed by atoms with Gasteiger partial charge < -0.3 is 4.90 Å². The number of hydrogen-bond donors (Lipinski definition) is 0. The number of nitrogens with zero attached hydrogens (tertiary/aromatic N) is 4. The average Bonchev–Trinajstić information content (AvgIpc) is 2.87. The number of rotatable bonds is 3. The molecule has 0 radical (unpaired) electrons. The van der Waals surface area contributed by atoms with Crippen molar-refractivity contribution >= 4 is 5.82 Å². The smallest absolute Gasteiger partial charge is 0.151 e. The van der Waals surface area contributed by atoms with Crippen LogP contribution in [-0.2, 0) is 0 Å². The highest BCUT2D eigenvalue weighted by molar-refractivity contribution is 5.62. The second-order valence-corrected chi connectivity index (χ2v) is 8.13. The Labute approximate surface area is 180 Å². The van der Waals surface area contributed by atoms with E-state index < -0.39 is 0 Å². The quantitative estimate of drug-likeness (QED) is 0.598. The molecular formula is C26H32N4. The van der Waals surface area contributed by atoms with Gasteiger partial charge in [0.2, 0.25) is 0 Å². The molecule has 3 aromatic rings. The van der Waals surface area contributed by atoms with Gasteiger partial charge in [0.25, 0.3) is 0 Å². The normalized spacial score (nSPS) is 17.8. The van der Waals surface area contributed by atoms with E-state index in [2.05, 4.69) is 74.6 Å². The molecule has 30 heavy (non-hydrogen) atoms. The lowest BCUT2D eigenvalue weighted by molar-refractivity contribution is 0.147. The molecule has 2 heterocycles. The molecule has 0 N–H and O–H groups in total. The Balaban J connectivity index is 0.000000158. The van der Waals surface area contributed by atoms with E-state index in [1.54, 1.807) is 6.20 Å². The fraction of sp³-hybridized carbons (Fsp3) is 0.385. The summed E-state index contributed by atoms with van der Waals surface area (Å²) in [6, 6.07) is 25.7. The third-order valence-corrected chi connectivity index (χ3v) is 6.17. The number of aromatic nitrogens is 2. The molecule has 0 amide bonds. The zero-order valence-electron chi connectivity index (χ0n) is 17.7. The first-order valence-corrected chi connectivity index (χ1v) is 11.3. The lowest BCUT2D eigenvalue weighted by atomic mass is 9.94. The van der Waals surface area contributed by atoms with Gasteiger partial charge in [0.15, 0.2) is 5.82 Å². The molecule has 4 heteroatoms. The molecule has 5 rings (SSSR count). The monoisotopic (exact) mass is 400 g/mol. The van der Waals surface area contributed by atoms with Crippen molar-refractivity contribution in [2.45, 2.75) is 38.1 Å². The molecule has 1 saturated carbocycles. The van der Waals surface area contributed by atoms with Crippen LogP contribution in [0.3, 0.4) is 0 Å². The third-order valence-electron chi connectivity index (χ3n) is 6.17. The van der Waals surface area contributed by atoms with E-state index in [1.807, 2.05) is 18.2 Å². The maximum Gasteiger partial charge on any atom is 0.151 e. The van der Waals surface area contributed by atoms with E-state index in [9.17, 15) is 0 Å². The summed E-state index contributed by atoms with van der Waals surface area (Å²) in [5, 5.41) is 8.16. The maximum atomic E-state index is 4.20. The summed E-state index contributed by atoms with van der Waals surface area (Å²) in [5.41, 5.74) is 2.55. The topological polar surface area (TPSA) is 32.3 Å². The summed E-state index contributed by atoms with van der Waals surface area (Å²) in [5.74, 6) is 1.03. The molecule has 2 aromatic carbocycles. The standard InChI is InChI=1S/C14H22N4.C12H10/c1-2-5-13(6-3-1)17-9-11-18(12-10-17)14-7-4-8-15-16-14;1-3-7-11(8-4-1)12-9-5-2-6-10-12/h4,7-8,13H,1-3,5-6,9-12H2;1-10H. The minimum absolute atomic E-state index is 0.850. The molecule has 4 nitrogen and oxygen atoms in total. The van der Waals surface area contributed by atoms with Crippen molar-refractivity contribution in [2.24, 2.45) is 0 Å². The van der Waals surface area contributed by atoms with Crippen molar-refractivity contribution in [1.29, 1.82) is 0 Å². The molecule has 0 unspecified atom stereocenters. The molecule has 2 fully saturated rings. The predicted molar refractivity (Wildman–Crippen MR) is 125 cm³/mol. The van der Waals surface area contributed by atoms with Gasteiger partial charge in [-0.15, -0.1) is 5.10 Å². The first kappa shape index (κ1) is 20.5. The zero-order chi connectivity index (χ0) is 20.4. The maximum absolute atomic E-state index is 4.20. The van der Waals surface area contributed by atoms with Gasteiger partial charge in [0, 0.05) is 38.4 Å². The minimum Gasteiger partial charge on any atom is -0.353 e. The number of piperazine rings is 1. The van der Waals surface area contributed by atoms with Crippen molar-refractivity contribution < 1.29 is 0 Å². The van der Waals surface area contributed by atoms with E-state index in [0.29, 0.717) is 0 Å². The van der Waals surface area contributed by atoms with Gasteiger partial charge in [0.05, 0.1) is 0 Å². The second-order valence-electron chi connectivity index (χ2n) is 8.13. The Morgan fingerprint density at radius 2 is 1.23 bits per heavy atom. The lowest BCUT2D eigenvalue weighted by Crippen LogP contribution is -2.51. The van der Waals surface area contributed by atoms with Crippen molar-refractivity contribution in [2.75, 3.05) is 31.1 Å². The molecule has 156 valence electrons. The summed E-state index contributed by atoms with van der Waals surface area (Å²) in [6.07, 6.45) is 8.85. The summed E-state index contributed by atoms with van der Waals surface area (Å²) >= 11 is 0. The Morgan fingerprint density at radius 1 is 0.633 bits per heavy atom. The van der Waals surface area contributed by atoms with Gasteiger partial charge in [-0.2, -0.15) is 5.10 Å². The summed E-state index contributed by atoms with van der Waals surface area (Å²) in [6.45, 7) is 4.55. The van der Waals surface area contributed by atoms with Crippen molar-refractivity contribution in [3.8, 4) is 11.1 Å². The predicted octanol–water partition coefficient (Wildman–Crippen LogP) is 5.28. The van der Waals surface area contributed by atoms with Gasteiger partial charge in [-0.05, 0) is 36.1 Å². The fourth-order valence-electron chi connectivity index (χ4n) is 4.49. The lowest BCUT2D eigenvalue weighted by Gasteiger charge is -2.41. The summed E-state index contributed by atoms with van der Waals surface area (Å²) in [7, 11) is 0. The van der Waals surface area contributed by atoms with Gasteiger partial charge in [-0.3, -0.25) is 4.90 Å². The molecule has 1 aliphatic heterocycles. The van der Waals surface area contributed by atoms with Crippen LogP contribution in [0.1, 0.15) is 32.1 Å². The number of hydrogen-bond acceptors (Lipinski definition) is 4. The van der Waals surface area contributed by atoms with Crippen molar-refractivity contribution in [3.63, 3.8) is 0 Å². The minimum atomic E-state index is 0.850. The van der Waals surface area contributed by atoms with E-state index in [4.69, 9.17) is 0 Å². The van der Waals surface area contributed by atoms with Crippen LogP contribution >= 0.6 is 0 Å². The molecule has 1 saturated heterocycles. The van der Waals surface area contributed by atoms with E-state index in [1.165, 1.54) is 56.3 Å². The molecule has 2 aliphatic rings. The van der Waals surface area contributed by atoms with Crippen LogP contribution in [0.2, 0.25) is 0 Å². The highest BCUT2D eigenvalue weighted by atomic mass is 15.3. The van der Waals surface area contributed by atoms with Crippen molar-refractivity contribution in [1.82, 2.24) is 15.1 Å². The number of benzene rings is 2. The van der Waals surface area contributed by atoms with Crippen LogP contribution in [0, 0.1) is 0 Å². The average molecular weight is 401 g/mol. The zero-order valence-corrected chi connectivity index (χ0v) is 17.7. The fourth-order valence-corrected chi connectivity index (χ4v) is 4.49. The van der Waals surface area contributed by atoms with Gasteiger partial charge in [-0.25, -0.2) is 0 Å². The van der Waals surface area contributed by atoms with Crippen LogP contribution < -0.4 is 4.90 Å². The van der Waals surface area contributed by atoms with E-state index >= 15 is 0 Å². The van der Waals surface area contributed by atoms with Gasteiger partial charge in [-0.1, -0.05) is 79.9 Å². The molecule has 0 bridgehead atoms. The first-order chi connectivity index (χ1) is 14.9. The van der Waals surface area contributed by atoms with Gasteiger partial charge >= 0.3 is 0 Å². The van der Waals surface area contributed by atoms with Crippen molar-refractivity contribution in [3.05, 3.63) is 79.0 Å². The molecule has 0 atom stereocenters. The molecule has 0 spiro atoms. The Morgan fingerprint density at radius 3 is 1.77 bits per heavy atom. The molecular weight excluding hydrogens is 368 g/mol. The van der Waals surface area contributed by atoms with Crippen LogP contribution in [0.4, 0.5) is 5.82 Å². The molecule has 1 aliphatic carbocycles. The summed E-state index contributed by atoms with van der Waals surface area (Å²) in [4.78, 5) is 5.04. The number of anilines is 1. The van der Waals surface area contributed by atoms with Crippen LogP contribution in [0.15, 0.2) is 79.0 Å².